The van der Waals surface area contributed by atoms with Crippen LogP contribution in [0.1, 0.15) is 73.1 Å². The third-order valence-electron chi connectivity index (χ3n) is 5.07. The van der Waals surface area contributed by atoms with Crippen LogP contribution >= 0.6 is 0 Å². The number of nitrogens with zero attached hydrogens (tertiary/aromatic N) is 2. The van der Waals surface area contributed by atoms with Crippen LogP contribution in [-0.4, -0.2) is 52.7 Å². The van der Waals surface area contributed by atoms with Crippen molar-refractivity contribution in [2.75, 3.05) is 0 Å². The van der Waals surface area contributed by atoms with Gasteiger partial charge >= 0.3 is 0 Å². The molecular weight excluding hydrogens is 276 g/mol. The Morgan fingerprint density at radius 2 is 1.00 bits per heavy atom. The third-order valence-corrected chi connectivity index (χ3v) is 8.98. The first-order valence-corrected chi connectivity index (χ1v) is 10.6. The van der Waals surface area contributed by atoms with Gasteiger partial charge in [-0.05, 0) is 30.8 Å². The van der Waals surface area contributed by atoms with Crippen LogP contribution in [0.3, 0.4) is 0 Å². The van der Waals surface area contributed by atoms with E-state index in [0.717, 1.165) is 48.7 Å². The second-order valence-electron chi connectivity index (χ2n) is 7.05. The zero-order chi connectivity index (χ0) is 14.7. The molecule has 4 unspecified atom stereocenters. The van der Waals surface area contributed by atoms with E-state index in [1.807, 2.05) is 0 Å². The second kappa shape index (κ2) is 7.57. The summed E-state index contributed by atoms with van der Waals surface area (Å²) < 4.78 is 5.61. The van der Waals surface area contributed by atoms with E-state index in [2.05, 4.69) is 43.7 Å². The van der Waals surface area contributed by atoms with Gasteiger partial charge in [0.15, 0.2) is 0 Å². The summed E-state index contributed by atoms with van der Waals surface area (Å²) in [5, 5.41) is 0.848. The molecule has 0 N–H and O–H groups in total. The fourth-order valence-electron chi connectivity index (χ4n) is 3.83. The van der Waals surface area contributed by atoms with Gasteiger partial charge in [-0.25, -0.2) is 0 Å². The van der Waals surface area contributed by atoms with E-state index in [4.69, 9.17) is 0 Å². The van der Waals surface area contributed by atoms with Crippen molar-refractivity contribution < 1.29 is 0 Å². The summed E-state index contributed by atoms with van der Waals surface area (Å²) >= 11 is 0. The molecule has 20 heavy (non-hydrogen) atoms. The average Bonchev–Trinajstić information content (AvgIpc) is 2.39. The molecule has 2 heterocycles. The number of rotatable bonds is 4. The SMILES string of the molecule is CC([Si]N1C(C)CCCC1C)[Si]N1C(C)CCCC1C. The molecule has 0 spiro atoms. The lowest BCUT2D eigenvalue weighted by Gasteiger charge is -2.43. The molecule has 0 aromatic rings. The summed E-state index contributed by atoms with van der Waals surface area (Å²) in [6.07, 6.45) is 8.49. The largest absolute Gasteiger partial charge is 0.320 e. The summed E-state index contributed by atoms with van der Waals surface area (Å²) in [7, 11) is 2.05. The first-order chi connectivity index (χ1) is 9.49. The fourth-order valence-corrected chi connectivity index (χ4v) is 7.38. The van der Waals surface area contributed by atoms with Gasteiger partial charge in [0.25, 0.3) is 0 Å². The Hall–Kier alpha value is 0.354. The Kier molecular flexibility index (Phi) is 6.33. The van der Waals surface area contributed by atoms with Crippen molar-refractivity contribution in [1.29, 1.82) is 0 Å². The smallest absolute Gasteiger partial charge is 0.143 e. The Balaban J connectivity index is 1.86. The van der Waals surface area contributed by atoms with Crippen LogP contribution < -0.4 is 0 Å². The lowest BCUT2D eigenvalue weighted by Crippen LogP contribution is -2.51. The van der Waals surface area contributed by atoms with Crippen LogP contribution in [-0.2, 0) is 0 Å². The molecule has 0 saturated carbocycles. The van der Waals surface area contributed by atoms with Gasteiger partial charge in [-0.3, -0.25) is 0 Å². The molecule has 0 aromatic carbocycles. The van der Waals surface area contributed by atoms with Crippen molar-refractivity contribution in [2.24, 2.45) is 0 Å². The maximum Gasteiger partial charge on any atom is 0.143 e. The molecule has 2 aliphatic heterocycles. The summed E-state index contributed by atoms with van der Waals surface area (Å²) in [5.41, 5.74) is 0. The molecule has 0 bridgehead atoms. The van der Waals surface area contributed by atoms with E-state index in [1.54, 1.807) is 0 Å². The van der Waals surface area contributed by atoms with Crippen molar-refractivity contribution in [1.82, 2.24) is 9.13 Å². The molecular formula is C16H32N2Si2. The van der Waals surface area contributed by atoms with Crippen molar-refractivity contribution >= 4 is 19.4 Å². The van der Waals surface area contributed by atoms with Gasteiger partial charge < -0.3 is 9.13 Å². The minimum Gasteiger partial charge on any atom is -0.320 e. The van der Waals surface area contributed by atoms with Gasteiger partial charge in [0.1, 0.15) is 19.4 Å². The Morgan fingerprint density at radius 1 is 0.700 bits per heavy atom. The highest BCUT2D eigenvalue weighted by Crippen LogP contribution is 2.26. The minimum absolute atomic E-state index is 0.806. The Morgan fingerprint density at radius 3 is 1.30 bits per heavy atom. The highest BCUT2D eigenvalue weighted by molar-refractivity contribution is 6.55. The first-order valence-electron chi connectivity index (χ1n) is 8.58. The van der Waals surface area contributed by atoms with Gasteiger partial charge in [0.2, 0.25) is 0 Å². The average molecular weight is 309 g/mol. The maximum absolute atomic E-state index is 2.81. The molecule has 0 aromatic heterocycles. The van der Waals surface area contributed by atoms with E-state index in [9.17, 15) is 0 Å². The summed E-state index contributed by atoms with van der Waals surface area (Å²) in [4.78, 5) is 0. The maximum atomic E-state index is 2.81. The van der Waals surface area contributed by atoms with E-state index < -0.39 is 0 Å². The van der Waals surface area contributed by atoms with Crippen LogP contribution in [0.15, 0.2) is 0 Å². The molecule has 4 atom stereocenters. The van der Waals surface area contributed by atoms with Crippen molar-refractivity contribution in [2.45, 2.75) is 102 Å². The topological polar surface area (TPSA) is 6.48 Å². The van der Waals surface area contributed by atoms with Gasteiger partial charge in [-0.1, -0.05) is 47.5 Å². The minimum atomic E-state index is 0.806. The van der Waals surface area contributed by atoms with E-state index in [1.165, 1.54) is 38.5 Å². The molecule has 0 amide bonds. The standard InChI is InChI=1S/C16H32N2Si2/c1-12-8-6-9-13(2)17(12)19-16(5)20-18-14(3)10-7-11-15(18)4/h12-16H,6-11H2,1-5H3. The van der Waals surface area contributed by atoms with Crippen LogP contribution in [0.4, 0.5) is 0 Å². The van der Waals surface area contributed by atoms with Crippen molar-refractivity contribution in [3.05, 3.63) is 0 Å². The summed E-state index contributed by atoms with van der Waals surface area (Å²) in [6, 6.07) is 3.22. The van der Waals surface area contributed by atoms with E-state index in [-0.39, 0.29) is 0 Å². The Bertz CT molecular complexity index is 252. The quantitative estimate of drug-likeness (QED) is 0.733. The molecule has 2 fully saturated rings. The molecule has 2 nitrogen and oxygen atoms in total. The monoisotopic (exact) mass is 308 g/mol. The van der Waals surface area contributed by atoms with Gasteiger partial charge in [0, 0.05) is 24.2 Å². The molecule has 2 aliphatic rings. The first kappa shape index (κ1) is 16.7. The summed E-state index contributed by atoms with van der Waals surface area (Å²) in [5.74, 6) is 0. The predicted octanol–water partition coefficient (Wildman–Crippen LogP) is 3.52. The van der Waals surface area contributed by atoms with Gasteiger partial charge in [0.05, 0.1) is 0 Å². The number of piperidine rings is 2. The molecule has 2 saturated heterocycles. The molecule has 114 valence electrons. The zero-order valence-electron chi connectivity index (χ0n) is 14.0. The normalized spacial score (nSPS) is 38.9. The highest BCUT2D eigenvalue weighted by atomic mass is 28.3. The zero-order valence-corrected chi connectivity index (χ0v) is 16.0. The number of hydrogen-bond donors (Lipinski definition) is 0. The molecule has 0 aliphatic carbocycles. The third kappa shape index (κ3) is 4.18. The number of hydrogen-bond acceptors (Lipinski definition) is 2. The van der Waals surface area contributed by atoms with Gasteiger partial charge in [-0.15, -0.1) is 0 Å². The highest BCUT2D eigenvalue weighted by Gasteiger charge is 2.30. The van der Waals surface area contributed by atoms with Crippen molar-refractivity contribution in [3.8, 4) is 0 Å². The van der Waals surface area contributed by atoms with E-state index >= 15 is 0 Å². The predicted molar refractivity (Wildman–Crippen MR) is 90.2 cm³/mol. The molecule has 4 radical (unpaired) electrons. The Labute approximate surface area is 131 Å². The van der Waals surface area contributed by atoms with E-state index in [0.29, 0.717) is 0 Å². The van der Waals surface area contributed by atoms with Crippen molar-refractivity contribution in [3.63, 3.8) is 0 Å². The van der Waals surface area contributed by atoms with Crippen LogP contribution in [0, 0.1) is 0 Å². The van der Waals surface area contributed by atoms with Crippen LogP contribution in [0.5, 0.6) is 0 Å². The second-order valence-corrected chi connectivity index (χ2v) is 10.9. The van der Waals surface area contributed by atoms with Crippen LogP contribution in [0.2, 0.25) is 5.16 Å². The lowest BCUT2D eigenvalue weighted by atomic mass is 10.0. The fraction of sp³-hybridized carbons (Fsp3) is 1.00. The van der Waals surface area contributed by atoms with Crippen LogP contribution in [0.25, 0.3) is 0 Å². The molecule has 4 heteroatoms. The lowest BCUT2D eigenvalue weighted by molar-refractivity contribution is 0.199. The summed E-state index contributed by atoms with van der Waals surface area (Å²) in [6.45, 7) is 12.2. The van der Waals surface area contributed by atoms with Gasteiger partial charge in [-0.2, -0.15) is 0 Å². The molecule has 2 rings (SSSR count).